The zero-order chi connectivity index (χ0) is 18.5. The number of carbonyl (C=O) groups excluding carboxylic acids is 1. The Morgan fingerprint density at radius 1 is 1.04 bits per heavy atom. The molecule has 0 bridgehead atoms. The number of pyridine rings is 1. The van der Waals surface area contributed by atoms with E-state index in [1.165, 1.54) is 18.3 Å². The number of rotatable bonds is 5. The van der Waals surface area contributed by atoms with Gasteiger partial charge in [0.05, 0.1) is 5.69 Å². The SMILES string of the molecule is O=C(Nc1cc(F)ccc1F)c1cccn(OCc2ccccc2)c1=O. The zero-order valence-corrected chi connectivity index (χ0v) is 13.5. The minimum Gasteiger partial charge on any atom is -0.406 e. The van der Waals surface area contributed by atoms with E-state index >= 15 is 0 Å². The van der Waals surface area contributed by atoms with Crippen LogP contribution in [-0.2, 0) is 6.61 Å². The fourth-order valence-electron chi connectivity index (χ4n) is 2.25. The third kappa shape index (κ3) is 3.94. The molecule has 0 aliphatic heterocycles. The molecule has 0 radical (unpaired) electrons. The Morgan fingerprint density at radius 3 is 2.58 bits per heavy atom. The van der Waals surface area contributed by atoms with E-state index < -0.39 is 23.1 Å². The number of amides is 1. The number of aromatic nitrogens is 1. The Labute approximate surface area is 147 Å². The Morgan fingerprint density at radius 2 is 1.81 bits per heavy atom. The maximum absolute atomic E-state index is 13.6. The number of hydrogen-bond donors (Lipinski definition) is 1. The van der Waals surface area contributed by atoms with Gasteiger partial charge in [0.1, 0.15) is 23.8 Å². The van der Waals surface area contributed by atoms with Crippen LogP contribution in [0.1, 0.15) is 15.9 Å². The van der Waals surface area contributed by atoms with E-state index in [0.717, 1.165) is 28.5 Å². The summed E-state index contributed by atoms with van der Waals surface area (Å²) in [5.74, 6) is -2.38. The Hall–Kier alpha value is -3.48. The molecule has 0 saturated carbocycles. The van der Waals surface area contributed by atoms with Crippen LogP contribution in [0.5, 0.6) is 0 Å². The number of anilines is 1. The first-order valence-corrected chi connectivity index (χ1v) is 7.70. The maximum Gasteiger partial charge on any atom is 0.295 e. The maximum atomic E-state index is 13.6. The largest absolute Gasteiger partial charge is 0.406 e. The number of halogens is 2. The van der Waals surface area contributed by atoms with Gasteiger partial charge in [-0.15, -0.1) is 0 Å². The van der Waals surface area contributed by atoms with Gasteiger partial charge in [0.2, 0.25) is 0 Å². The topological polar surface area (TPSA) is 60.3 Å². The van der Waals surface area contributed by atoms with Crippen molar-refractivity contribution in [2.45, 2.75) is 6.61 Å². The van der Waals surface area contributed by atoms with Crippen molar-refractivity contribution in [1.82, 2.24) is 4.73 Å². The Bertz CT molecular complexity index is 988. The van der Waals surface area contributed by atoms with Crippen LogP contribution in [-0.4, -0.2) is 10.6 Å². The van der Waals surface area contributed by atoms with Crippen molar-refractivity contribution >= 4 is 11.6 Å². The molecule has 0 atom stereocenters. The van der Waals surface area contributed by atoms with E-state index in [-0.39, 0.29) is 17.9 Å². The summed E-state index contributed by atoms with van der Waals surface area (Å²) >= 11 is 0. The molecule has 7 heteroatoms. The van der Waals surface area contributed by atoms with Crippen LogP contribution in [0.15, 0.2) is 71.7 Å². The lowest BCUT2D eigenvalue weighted by atomic mass is 10.2. The normalized spacial score (nSPS) is 10.4. The van der Waals surface area contributed by atoms with E-state index in [1.807, 2.05) is 30.3 Å². The van der Waals surface area contributed by atoms with E-state index in [9.17, 15) is 18.4 Å². The van der Waals surface area contributed by atoms with Crippen molar-refractivity contribution in [3.8, 4) is 0 Å². The number of nitrogens with one attached hydrogen (secondary N) is 1. The van der Waals surface area contributed by atoms with Gasteiger partial charge in [0, 0.05) is 12.3 Å². The number of carbonyl (C=O) groups is 1. The third-order valence-electron chi connectivity index (χ3n) is 3.55. The lowest BCUT2D eigenvalue weighted by molar-refractivity contribution is 0.0863. The van der Waals surface area contributed by atoms with Gasteiger partial charge < -0.3 is 10.2 Å². The van der Waals surface area contributed by atoms with E-state index in [2.05, 4.69) is 5.32 Å². The standard InChI is InChI=1S/C19H14F2N2O3/c20-14-8-9-16(21)17(11-14)22-18(24)15-7-4-10-23(19(15)25)26-12-13-5-2-1-3-6-13/h1-11H,12H2,(H,22,24). The Balaban J connectivity index is 1.79. The molecule has 0 unspecified atom stereocenters. The van der Waals surface area contributed by atoms with E-state index in [4.69, 9.17) is 4.84 Å². The predicted molar refractivity (Wildman–Crippen MR) is 91.7 cm³/mol. The van der Waals surface area contributed by atoms with Gasteiger partial charge in [-0.05, 0) is 29.8 Å². The van der Waals surface area contributed by atoms with Gasteiger partial charge in [-0.2, -0.15) is 4.73 Å². The van der Waals surface area contributed by atoms with Crippen LogP contribution in [0.2, 0.25) is 0 Å². The second-order valence-electron chi connectivity index (χ2n) is 5.39. The summed E-state index contributed by atoms with van der Waals surface area (Å²) in [6.07, 6.45) is 1.37. The van der Waals surface area contributed by atoms with Crippen LogP contribution >= 0.6 is 0 Å². The highest BCUT2D eigenvalue weighted by Gasteiger charge is 2.15. The second-order valence-corrected chi connectivity index (χ2v) is 5.39. The summed E-state index contributed by atoms with van der Waals surface area (Å²) < 4.78 is 27.8. The molecule has 1 amide bonds. The molecule has 1 N–H and O–H groups in total. The van der Waals surface area contributed by atoms with Crippen LogP contribution in [0.25, 0.3) is 0 Å². The van der Waals surface area contributed by atoms with E-state index in [0.29, 0.717) is 0 Å². The summed E-state index contributed by atoms with van der Waals surface area (Å²) in [6, 6.07) is 14.5. The molecule has 1 aromatic heterocycles. The molecular weight excluding hydrogens is 342 g/mol. The molecule has 132 valence electrons. The van der Waals surface area contributed by atoms with Crippen LogP contribution in [0.4, 0.5) is 14.5 Å². The minimum atomic E-state index is -0.864. The average Bonchev–Trinajstić information content (AvgIpc) is 2.64. The van der Waals surface area contributed by atoms with Gasteiger partial charge in [-0.3, -0.25) is 9.59 Å². The van der Waals surface area contributed by atoms with Crippen molar-refractivity contribution in [3.05, 3.63) is 100.0 Å². The van der Waals surface area contributed by atoms with Gasteiger partial charge >= 0.3 is 0 Å². The summed E-state index contributed by atoms with van der Waals surface area (Å²) in [7, 11) is 0. The average molecular weight is 356 g/mol. The first-order chi connectivity index (χ1) is 12.5. The van der Waals surface area contributed by atoms with Crippen LogP contribution in [0, 0.1) is 11.6 Å². The van der Waals surface area contributed by atoms with Crippen LogP contribution in [0.3, 0.4) is 0 Å². The summed E-state index contributed by atoms with van der Waals surface area (Å²) in [4.78, 5) is 30.0. The lowest BCUT2D eigenvalue weighted by Gasteiger charge is -2.10. The van der Waals surface area contributed by atoms with Crippen molar-refractivity contribution in [3.63, 3.8) is 0 Å². The second kappa shape index (κ2) is 7.60. The highest BCUT2D eigenvalue weighted by molar-refractivity contribution is 6.04. The minimum absolute atomic E-state index is 0.129. The van der Waals surface area contributed by atoms with Crippen molar-refractivity contribution < 1.29 is 18.4 Å². The number of nitrogens with zero attached hydrogens (tertiary/aromatic N) is 1. The predicted octanol–water partition coefficient (Wildman–Crippen LogP) is 3.01. The van der Waals surface area contributed by atoms with Crippen molar-refractivity contribution in [1.29, 1.82) is 0 Å². The first kappa shape index (κ1) is 17.3. The molecule has 5 nitrogen and oxygen atoms in total. The molecule has 1 heterocycles. The number of benzene rings is 2. The van der Waals surface area contributed by atoms with Crippen LogP contribution < -0.4 is 15.7 Å². The van der Waals surface area contributed by atoms with Crippen molar-refractivity contribution in [2.75, 3.05) is 5.32 Å². The fraction of sp³-hybridized carbons (Fsp3) is 0.0526. The van der Waals surface area contributed by atoms with E-state index in [1.54, 1.807) is 0 Å². The molecule has 0 aliphatic carbocycles. The quantitative estimate of drug-likeness (QED) is 0.765. The highest BCUT2D eigenvalue weighted by atomic mass is 19.1. The summed E-state index contributed by atoms with van der Waals surface area (Å²) in [6.45, 7) is 0.129. The fourth-order valence-corrected chi connectivity index (χ4v) is 2.25. The highest BCUT2D eigenvalue weighted by Crippen LogP contribution is 2.15. The molecular formula is C19H14F2N2O3. The lowest BCUT2D eigenvalue weighted by Crippen LogP contribution is -2.32. The van der Waals surface area contributed by atoms with Gasteiger partial charge in [-0.25, -0.2) is 8.78 Å². The molecule has 0 fully saturated rings. The van der Waals surface area contributed by atoms with Gasteiger partial charge in [0.15, 0.2) is 0 Å². The molecule has 0 spiro atoms. The van der Waals surface area contributed by atoms with Crippen molar-refractivity contribution in [2.24, 2.45) is 0 Å². The first-order valence-electron chi connectivity index (χ1n) is 7.70. The molecule has 0 aliphatic rings. The Kier molecular flexibility index (Phi) is 5.07. The van der Waals surface area contributed by atoms with Gasteiger partial charge in [-0.1, -0.05) is 30.3 Å². The molecule has 3 rings (SSSR count). The molecule has 0 saturated heterocycles. The smallest absolute Gasteiger partial charge is 0.295 e. The molecule has 2 aromatic carbocycles. The van der Waals surface area contributed by atoms with Gasteiger partial charge in [0.25, 0.3) is 11.5 Å². The third-order valence-corrected chi connectivity index (χ3v) is 3.55. The summed E-state index contributed by atoms with van der Waals surface area (Å²) in [5, 5.41) is 2.19. The summed E-state index contributed by atoms with van der Waals surface area (Å²) in [5.41, 5.74) is -0.479. The zero-order valence-electron chi connectivity index (χ0n) is 13.5. The number of hydrogen-bond acceptors (Lipinski definition) is 3. The molecule has 3 aromatic rings. The molecule has 26 heavy (non-hydrogen) atoms. The monoisotopic (exact) mass is 356 g/mol.